The minimum Gasteiger partial charge on any atom is -0.366 e. The third-order valence-electron chi connectivity index (χ3n) is 3.64. The fourth-order valence-corrected chi connectivity index (χ4v) is 2.32. The largest absolute Gasteiger partial charge is 0.366 e. The zero-order valence-electron chi connectivity index (χ0n) is 11.3. The number of carbonyl (C=O) groups is 2. The van der Waals surface area contributed by atoms with Gasteiger partial charge in [-0.3, -0.25) is 9.59 Å². The van der Waals surface area contributed by atoms with Crippen LogP contribution in [0.3, 0.4) is 0 Å². The average Bonchev–Trinajstić information content (AvgIpc) is 2.41. The molecule has 2 rings (SSSR count). The number of hydrogen-bond acceptors (Lipinski definition) is 3. The first-order valence-corrected chi connectivity index (χ1v) is 6.54. The molecular formula is C14H18FN3O2. The van der Waals surface area contributed by atoms with E-state index in [1.54, 1.807) is 0 Å². The van der Waals surface area contributed by atoms with Crippen LogP contribution in [0, 0.1) is 11.2 Å². The highest BCUT2D eigenvalue weighted by Gasteiger charge is 2.34. The lowest BCUT2D eigenvalue weighted by molar-refractivity contribution is -0.125. The van der Waals surface area contributed by atoms with E-state index in [0.717, 1.165) is 25.5 Å². The molecular weight excluding hydrogens is 261 g/mol. The number of rotatable bonds is 3. The standard InChI is InChI=1S/C14H18FN3O2/c1-14(5-2-6-17-8-14)13(20)18-9-3-4-11(15)10(7-9)12(16)19/h3-4,7,17H,2,5-6,8H2,1H3,(H2,16,19)(H,18,20). The second-order valence-electron chi connectivity index (χ2n) is 5.35. The monoisotopic (exact) mass is 279 g/mol. The summed E-state index contributed by atoms with van der Waals surface area (Å²) in [5, 5.41) is 5.91. The fraction of sp³-hybridized carbons (Fsp3) is 0.429. The van der Waals surface area contributed by atoms with Gasteiger partial charge >= 0.3 is 0 Å². The first-order valence-electron chi connectivity index (χ1n) is 6.54. The molecule has 1 heterocycles. The molecule has 20 heavy (non-hydrogen) atoms. The molecule has 4 N–H and O–H groups in total. The van der Waals surface area contributed by atoms with Crippen LogP contribution in [-0.4, -0.2) is 24.9 Å². The van der Waals surface area contributed by atoms with Crippen LogP contribution >= 0.6 is 0 Å². The van der Waals surface area contributed by atoms with Crippen LogP contribution in [-0.2, 0) is 4.79 Å². The Hall–Kier alpha value is -1.95. The normalized spacial score (nSPS) is 22.3. The van der Waals surface area contributed by atoms with Crippen LogP contribution in [0.4, 0.5) is 10.1 Å². The highest BCUT2D eigenvalue weighted by molar-refractivity contribution is 5.98. The first kappa shape index (κ1) is 14.5. The second-order valence-corrected chi connectivity index (χ2v) is 5.35. The molecule has 108 valence electrons. The van der Waals surface area contributed by atoms with Crippen LogP contribution in [0.25, 0.3) is 0 Å². The zero-order valence-corrected chi connectivity index (χ0v) is 11.3. The molecule has 1 saturated heterocycles. The van der Waals surface area contributed by atoms with Gasteiger partial charge in [-0.05, 0) is 44.5 Å². The molecule has 0 radical (unpaired) electrons. The van der Waals surface area contributed by atoms with Gasteiger partial charge in [-0.15, -0.1) is 0 Å². The van der Waals surface area contributed by atoms with Gasteiger partial charge in [0.25, 0.3) is 5.91 Å². The quantitative estimate of drug-likeness (QED) is 0.778. The van der Waals surface area contributed by atoms with Crippen molar-refractivity contribution in [2.75, 3.05) is 18.4 Å². The lowest BCUT2D eigenvalue weighted by Gasteiger charge is -2.32. The fourth-order valence-electron chi connectivity index (χ4n) is 2.32. The van der Waals surface area contributed by atoms with Crippen LogP contribution in [0.1, 0.15) is 30.1 Å². The molecule has 2 amide bonds. The van der Waals surface area contributed by atoms with Gasteiger partial charge in [-0.25, -0.2) is 4.39 Å². The molecule has 1 atom stereocenters. The summed E-state index contributed by atoms with van der Waals surface area (Å²) in [4.78, 5) is 23.4. The van der Waals surface area contributed by atoms with Crippen molar-refractivity contribution >= 4 is 17.5 Å². The molecule has 1 aromatic rings. The minimum atomic E-state index is -0.857. The Bertz CT molecular complexity index is 539. The summed E-state index contributed by atoms with van der Waals surface area (Å²) >= 11 is 0. The van der Waals surface area contributed by atoms with Crippen molar-refractivity contribution in [1.29, 1.82) is 0 Å². The number of amides is 2. The number of benzene rings is 1. The Morgan fingerprint density at radius 2 is 2.20 bits per heavy atom. The summed E-state index contributed by atoms with van der Waals surface area (Å²) in [7, 11) is 0. The molecule has 1 aromatic carbocycles. The van der Waals surface area contributed by atoms with Crippen LogP contribution in [0.2, 0.25) is 0 Å². The van der Waals surface area contributed by atoms with Crippen molar-refractivity contribution in [3.63, 3.8) is 0 Å². The van der Waals surface area contributed by atoms with E-state index in [2.05, 4.69) is 10.6 Å². The highest BCUT2D eigenvalue weighted by Crippen LogP contribution is 2.27. The maximum absolute atomic E-state index is 13.4. The lowest BCUT2D eigenvalue weighted by atomic mass is 9.82. The maximum Gasteiger partial charge on any atom is 0.251 e. The number of carbonyl (C=O) groups excluding carboxylic acids is 2. The van der Waals surface area contributed by atoms with Crippen LogP contribution in [0.5, 0.6) is 0 Å². The van der Waals surface area contributed by atoms with E-state index >= 15 is 0 Å². The molecule has 0 saturated carbocycles. The molecule has 1 aliphatic heterocycles. The number of anilines is 1. The Morgan fingerprint density at radius 3 is 2.80 bits per heavy atom. The summed E-state index contributed by atoms with van der Waals surface area (Å²) in [6.45, 7) is 3.39. The Kier molecular flexibility index (Phi) is 4.04. The van der Waals surface area contributed by atoms with Gasteiger partial charge in [0.15, 0.2) is 0 Å². The van der Waals surface area contributed by atoms with Gasteiger partial charge in [0, 0.05) is 12.2 Å². The van der Waals surface area contributed by atoms with Crippen LogP contribution in [0.15, 0.2) is 18.2 Å². The van der Waals surface area contributed by atoms with E-state index in [4.69, 9.17) is 5.73 Å². The topological polar surface area (TPSA) is 84.2 Å². The summed E-state index contributed by atoms with van der Waals surface area (Å²) in [6.07, 6.45) is 1.72. The van der Waals surface area contributed by atoms with Crippen molar-refractivity contribution in [3.8, 4) is 0 Å². The van der Waals surface area contributed by atoms with Gasteiger partial charge in [0.1, 0.15) is 5.82 Å². The first-order chi connectivity index (χ1) is 9.42. The molecule has 5 nitrogen and oxygen atoms in total. The number of nitrogens with two attached hydrogens (primary N) is 1. The minimum absolute atomic E-state index is 0.147. The van der Waals surface area contributed by atoms with E-state index < -0.39 is 17.1 Å². The molecule has 1 fully saturated rings. The number of hydrogen-bond donors (Lipinski definition) is 3. The Labute approximate surface area is 116 Å². The predicted octanol–water partition coefficient (Wildman–Crippen LogP) is 1.25. The molecule has 0 bridgehead atoms. The summed E-state index contributed by atoms with van der Waals surface area (Å²) in [5.74, 6) is -1.70. The van der Waals surface area contributed by atoms with Crippen molar-refractivity contribution < 1.29 is 14.0 Å². The van der Waals surface area contributed by atoms with Gasteiger partial charge < -0.3 is 16.4 Å². The van der Waals surface area contributed by atoms with Crippen molar-refractivity contribution in [3.05, 3.63) is 29.6 Å². The third kappa shape index (κ3) is 2.96. The highest BCUT2D eigenvalue weighted by atomic mass is 19.1. The molecule has 0 spiro atoms. The summed E-state index contributed by atoms with van der Waals surface area (Å²) < 4.78 is 13.4. The predicted molar refractivity (Wildman–Crippen MR) is 73.8 cm³/mol. The Balaban J connectivity index is 2.15. The van der Waals surface area contributed by atoms with Crippen LogP contribution < -0.4 is 16.4 Å². The SMILES string of the molecule is CC1(C(=O)Nc2ccc(F)c(C(N)=O)c2)CCCNC1. The lowest BCUT2D eigenvalue weighted by Crippen LogP contribution is -2.46. The molecule has 1 unspecified atom stereocenters. The number of nitrogens with one attached hydrogen (secondary N) is 2. The average molecular weight is 279 g/mol. The Morgan fingerprint density at radius 1 is 1.45 bits per heavy atom. The van der Waals surface area contributed by atoms with Crippen molar-refractivity contribution in [1.82, 2.24) is 5.32 Å². The second kappa shape index (κ2) is 5.58. The molecule has 1 aliphatic rings. The molecule has 0 aromatic heterocycles. The van der Waals surface area contributed by atoms with Gasteiger partial charge in [-0.2, -0.15) is 0 Å². The number of primary amides is 1. The van der Waals surface area contributed by atoms with E-state index in [9.17, 15) is 14.0 Å². The van der Waals surface area contributed by atoms with E-state index in [1.165, 1.54) is 12.1 Å². The van der Waals surface area contributed by atoms with Crippen molar-refractivity contribution in [2.24, 2.45) is 11.1 Å². The van der Waals surface area contributed by atoms with E-state index in [-0.39, 0.29) is 11.5 Å². The van der Waals surface area contributed by atoms with E-state index in [1.807, 2.05) is 6.92 Å². The summed E-state index contributed by atoms with van der Waals surface area (Å²) in [5.41, 5.74) is 4.73. The molecule has 0 aliphatic carbocycles. The van der Waals surface area contributed by atoms with Gasteiger partial charge in [-0.1, -0.05) is 0 Å². The third-order valence-corrected chi connectivity index (χ3v) is 3.64. The van der Waals surface area contributed by atoms with Gasteiger partial charge in [0.2, 0.25) is 5.91 Å². The smallest absolute Gasteiger partial charge is 0.251 e. The van der Waals surface area contributed by atoms with Gasteiger partial charge in [0.05, 0.1) is 11.0 Å². The number of piperidine rings is 1. The molecule has 6 heteroatoms. The zero-order chi connectivity index (χ0) is 14.8. The van der Waals surface area contributed by atoms with E-state index in [0.29, 0.717) is 12.2 Å². The summed E-state index contributed by atoms with van der Waals surface area (Å²) in [6, 6.07) is 3.80. The number of halogens is 1. The van der Waals surface area contributed by atoms with Crippen molar-refractivity contribution in [2.45, 2.75) is 19.8 Å². The maximum atomic E-state index is 13.4.